The van der Waals surface area contributed by atoms with Gasteiger partial charge in [-0.15, -0.1) is 6.42 Å². The fourth-order valence-corrected chi connectivity index (χ4v) is 3.89. The van der Waals surface area contributed by atoms with Crippen molar-refractivity contribution in [3.63, 3.8) is 0 Å². The van der Waals surface area contributed by atoms with Crippen molar-refractivity contribution in [2.45, 2.75) is 18.9 Å². The van der Waals surface area contributed by atoms with Crippen LogP contribution in [0.4, 0.5) is 0 Å². The molecule has 0 aliphatic carbocycles. The van der Waals surface area contributed by atoms with E-state index in [2.05, 4.69) is 16.6 Å². The van der Waals surface area contributed by atoms with Gasteiger partial charge in [0.1, 0.15) is 0 Å². The van der Waals surface area contributed by atoms with Crippen molar-refractivity contribution in [1.82, 2.24) is 10.6 Å². The molecule has 5 heteroatoms. The predicted molar refractivity (Wildman–Crippen MR) is 61.4 cm³/mol. The van der Waals surface area contributed by atoms with Crippen LogP contribution in [0.3, 0.4) is 0 Å². The van der Waals surface area contributed by atoms with Crippen LogP contribution in [0.15, 0.2) is 0 Å². The van der Waals surface area contributed by atoms with Gasteiger partial charge in [0.05, 0.1) is 18.1 Å². The number of terminal acetylenes is 1. The lowest BCUT2D eigenvalue weighted by atomic mass is 10.0. The first-order valence-electron chi connectivity index (χ1n) is 5.07. The number of hydrogen-bond donors (Lipinski definition) is 2. The Morgan fingerprint density at radius 2 is 2.20 bits per heavy atom. The molecule has 1 unspecified atom stereocenters. The maximum absolute atomic E-state index is 11.3. The molecular formula is C10H18N2O2S. The second-order valence-corrected chi connectivity index (χ2v) is 6.39. The Kier molecular flexibility index (Phi) is 4.14. The van der Waals surface area contributed by atoms with Gasteiger partial charge in [0.15, 0.2) is 9.84 Å². The van der Waals surface area contributed by atoms with Crippen molar-refractivity contribution in [3.8, 4) is 12.3 Å². The van der Waals surface area contributed by atoms with Crippen molar-refractivity contribution >= 4 is 9.84 Å². The molecule has 1 fully saturated rings. The van der Waals surface area contributed by atoms with E-state index in [9.17, 15) is 8.42 Å². The minimum atomic E-state index is -2.82. The van der Waals surface area contributed by atoms with Gasteiger partial charge < -0.3 is 10.6 Å². The molecule has 1 aliphatic rings. The molecule has 1 saturated heterocycles. The van der Waals surface area contributed by atoms with E-state index in [4.69, 9.17) is 6.42 Å². The highest BCUT2D eigenvalue weighted by atomic mass is 32.2. The molecule has 1 aliphatic heterocycles. The lowest BCUT2D eigenvalue weighted by Crippen LogP contribution is -2.46. The second-order valence-electron chi connectivity index (χ2n) is 4.21. The normalized spacial score (nSPS) is 28.8. The predicted octanol–water partition coefficient (Wildman–Crippen LogP) is -0.624. The lowest BCUT2D eigenvalue weighted by Gasteiger charge is -2.23. The molecular weight excluding hydrogens is 212 g/mol. The average Bonchev–Trinajstić information content (AvgIpc) is 2.41. The van der Waals surface area contributed by atoms with Crippen LogP contribution in [0.2, 0.25) is 0 Å². The van der Waals surface area contributed by atoms with Crippen LogP contribution in [0.1, 0.15) is 13.3 Å². The zero-order valence-corrected chi connectivity index (χ0v) is 9.86. The summed E-state index contributed by atoms with van der Waals surface area (Å²) in [5, 5.41) is 6.31. The van der Waals surface area contributed by atoms with Crippen LogP contribution in [-0.4, -0.2) is 45.1 Å². The molecule has 0 aromatic rings. The molecule has 4 nitrogen and oxygen atoms in total. The number of sulfone groups is 1. The summed E-state index contributed by atoms with van der Waals surface area (Å²) in [4.78, 5) is 0. The average molecular weight is 230 g/mol. The Balaban J connectivity index is 2.25. The van der Waals surface area contributed by atoms with E-state index < -0.39 is 9.84 Å². The van der Waals surface area contributed by atoms with Gasteiger partial charge in [-0.1, -0.05) is 5.92 Å². The molecule has 0 aromatic heterocycles. The summed E-state index contributed by atoms with van der Waals surface area (Å²) in [6.07, 6.45) is 5.78. The zero-order chi connectivity index (χ0) is 11.4. The summed E-state index contributed by atoms with van der Waals surface area (Å²) >= 11 is 0. The summed E-state index contributed by atoms with van der Waals surface area (Å²) in [6, 6.07) is 0. The minimum absolute atomic E-state index is 0.245. The molecule has 86 valence electrons. The number of rotatable bonds is 5. The van der Waals surface area contributed by atoms with Crippen LogP contribution in [-0.2, 0) is 9.84 Å². The standard InChI is InChI=1S/C10H18N2O2S/c1-3-5-11-6-7-12-10(2)4-8-15(13,14)9-10/h1,11-12H,4-9H2,2H3. The minimum Gasteiger partial charge on any atom is -0.309 e. The third-order valence-corrected chi connectivity index (χ3v) is 4.49. The molecule has 15 heavy (non-hydrogen) atoms. The highest BCUT2D eigenvalue weighted by Crippen LogP contribution is 2.22. The molecule has 0 aromatic carbocycles. The highest BCUT2D eigenvalue weighted by molar-refractivity contribution is 7.91. The molecule has 0 spiro atoms. The summed E-state index contributed by atoms with van der Waals surface area (Å²) in [7, 11) is -2.82. The monoisotopic (exact) mass is 230 g/mol. The van der Waals surface area contributed by atoms with E-state index >= 15 is 0 Å². The van der Waals surface area contributed by atoms with Gasteiger partial charge in [-0.2, -0.15) is 0 Å². The van der Waals surface area contributed by atoms with E-state index in [1.54, 1.807) is 0 Å². The third-order valence-electron chi connectivity index (χ3n) is 2.58. The van der Waals surface area contributed by atoms with E-state index in [0.29, 0.717) is 18.7 Å². The van der Waals surface area contributed by atoms with Crippen molar-refractivity contribution in [2.75, 3.05) is 31.1 Å². The second kappa shape index (κ2) is 4.97. The topological polar surface area (TPSA) is 58.2 Å². The molecule has 0 amide bonds. The van der Waals surface area contributed by atoms with Gasteiger partial charge in [-0.3, -0.25) is 0 Å². The summed E-state index contributed by atoms with van der Waals surface area (Å²) in [6.45, 7) is 4.02. The molecule has 1 atom stereocenters. The fraction of sp³-hybridized carbons (Fsp3) is 0.800. The summed E-state index contributed by atoms with van der Waals surface area (Å²) < 4.78 is 22.6. The van der Waals surface area contributed by atoms with Gasteiger partial charge >= 0.3 is 0 Å². The quantitative estimate of drug-likeness (QED) is 0.488. The number of hydrogen-bond acceptors (Lipinski definition) is 4. The largest absolute Gasteiger partial charge is 0.309 e. The van der Waals surface area contributed by atoms with E-state index in [1.165, 1.54) is 0 Å². The summed E-state index contributed by atoms with van der Waals surface area (Å²) in [5.74, 6) is 3.03. The van der Waals surface area contributed by atoms with Gasteiger partial charge in [0.25, 0.3) is 0 Å². The van der Waals surface area contributed by atoms with Crippen molar-refractivity contribution < 1.29 is 8.42 Å². The fourth-order valence-electron chi connectivity index (χ4n) is 1.76. The molecule has 1 rings (SSSR count). The molecule has 0 bridgehead atoms. The highest BCUT2D eigenvalue weighted by Gasteiger charge is 2.37. The van der Waals surface area contributed by atoms with Gasteiger partial charge in [-0.25, -0.2) is 8.42 Å². The molecule has 1 heterocycles. The van der Waals surface area contributed by atoms with Crippen LogP contribution in [0.25, 0.3) is 0 Å². The molecule has 2 N–H and O–H groups in total. The lowest BCUT2D eigenvalue weighted by molar-refractivity contribution is 0.397. The van der Waals surface area contributed by atoms with Crippen LogP contribution < -0.4 is 10.6 Å². The maximum Gasteiger partial charge on any atom is 0.152 e. The Labute approximate surface area is 91.7 Å². The Hall–Kier alpha value is -0.570. The van der Waals surface area contributed by atoms with E-state index in [0.717, 1.165) is 13.1 Å². The number of nitrogens with one attached hydrogen (secondary N) is 2. The zero-order valence-electron chi connectivity index (χ0n) is 9.04. The van der Waals surface area contributed by atoms with E-state index in [-0.39, 0.29) is 11.3 Å². The van der Waals surface area contributed by atoms with Gasteiger partial charge in [-0.05, 0) is 13.3 Å². The first-order chi connectivity index (χ1) is 6.97. The molecule has 0 saturated carbocycles. The Bertz CT molecular complexity index is 345. The first-order valence-corrected chi connectivity index (χ1v) is 6.89. The molecule has 0 radical (unpaired) electrons. The van der Waals surface area contributed by atoms with Crippen molar-refractivity contribution in [2.24, 2.45) is 0 Å². The van der Waals surface area contributed by atoms with Crippen molar-refractivity contribution in [3.05, 3.63) is 0 Å². The SMILES string of the molecule is C#CCNCCNC1(C)CCS(=O)(=O)C1. The Morgan fingerprint density at radius 1 is 1.47 bits per heavy atom. The van der Waals surface area contributed by atoms with Crippen molar-refractivity contribution in [1.29, 1.82) is 0 Å². The first kappa shape index (κ1) is 12.5. The van der Waals surface area contributed by atoms with Crippen LogP contribution in [0.5, 0.6) is 0 Å². The maximum atomic E-state index is 11.3. The summed E-state index contributed by atoms with van der Waals surface area (Å²) in [5.41, 5.74) is -0.253. The van der Waals surface area contributed by atoms with Crippen LogP contribution in [0, 0.1) is 12.3 Å². The van der Waals surface area contributed by atoms with Gasteiger partial charge in [0.2, 0.25) is 0 Å². The van der Waals surface area contributed by atoms with E-state index in [1.807, 2.05) is 6.92 Å². The van der Waals surface area contributed by atoms with Crippen LogP contribution >= 0.6 is 0 Å². The Morgan fingerprint density at radius 3 is 2.73 bits per heavy atom. The van der Waals surface area contributed by atoms with Gasteiger partial charge in [0, 0.05) is 18.6 Å². The third kappa shape index (κ3) is 4.20. The smallest absolute Gasteiger partial charge is 0.152 e.